The van der Waals surface area contributed by atoms with Gasteiger partial charge in [-0.1, -0.05) is 23.8 Å². The molecule has 120 valence electrons. The molecule has 5 heteroatoms. The molecule has 1 fully saturated rings. The van der Waals surface area contributed by atoms with Crippen LogP contribution >= 0.6 is 0 Å². The summed E-state index contributed by atoms with van der Waals surface area (Å²) in [5.74, 6) is 0.0827. The van der Waals surface area contributed by atoms with Crippen LogP contribution in [0.3, 0.4) is 0 Å². The van der Waals surface area contributed by atoms with Crippen molar-refractivity contribution in [2.75, 3.05) is 13.6 Å². The van der Waals surface area contributed by atoms with Crippen molar-refractivity contribution in [2.45, 2.75) is 38.8 Å². The molecule has 0 spiro atoms. The number of carbonyl (C=O) groups is 2. The number of amides is 3. The Morgan fingerprint density at radius 1 is 1.17 bits per heavy atom. The molecule has 23 heavy (non-hydrogen) atoms. The van der Waals surface area contributed by atoms with Crippen LogP contribution in [0.5, 0.6) is 0 Å². The molecule has 0 aromatic heterocycles. The van der Waals surface area contributed by atoms with Crippen LogP contribution in [0.15, 0.2) is 29.5 Å². The zero-order valence-electron chi connectivity index (χ0n) is 13.7. The zero-order chi connectivity index (χ0) is 16.3. The van der Waals surface area contributed by atoms with Crippen molar-refractivity contribution in [3.8, 4) is 0 Å². The van der Waals surface area contributed by atoms with E-state index in [0.29, 0.717) is 12.6 Å². The van der Waals surface area contributed by atoms with Gasteiger partial charge in [0.1, 0.15) is 0 Å². The maximum atomic E-state index is 12.9. The van der Waals surface area contributed by atoms with E-state index in [-0.39, 0.29) is 18.0 Å². The van der Waals surface area contributed by atoms with E-state index in [0.717, 1.165) is 35.2 Å². The summed E-state index contributed by atoms with van der Waals surface area (Å²) in [5, 5.41) is 3.01. The molecule has 0 unspecified atom stereocenters. The number of hydrogen-bond donors (Lipinski definition) is 1. The predicted molar refractivity (Wildman–Crippen MR) is 86.7 cm³/mol. The fraction of sp³-hybridized carbons (Fsp3) is 0.444. The van der Waals surface area contributed by atoms with Gasteiger partial charge in [0.05, 0.1) is 23.9 Å². The standard InChI is InChI=1S/C18H21N3O2/c1-10-4-7-13(11(2)8-10)16-15-14(20(3)18(23)19-16)9-21(17(15)22)12-5-6-12/h4,7-8,12,16H,5-6,9H2,1-3H3,(H,19,23)/t16-/m0/s1. The van der Waals surface area contributed by atoms with Gasteiger partial charge in [-0.2, -0.15) is 0 Å². The van der Waals surface area contributed by atoms with Crippen LogP contribution < -0.4 is 5.32 Å². The number of aryl methyl sites for hydroxylation is 2. The van der Waals surface area contributed by atoms with E-state index < -0.39 is 0 Å². The molecule has 1 aromatic carbocycles. The second kappa shape index (κ2) is 4.85. The quantitative estimate of drug-likeness (QED) is 0.911. The molecule has 3 amide bonds. The summed E-state index contributed by atoms with van der Waals surface area (Å²) in [4.78, 5) is 28.8. The SMILES string of the molecule is Cc1ccc([C@@H]2NC(=O)N(C)C3=C2C(=O)N(C2CC2)C3)c(C)c1. The van der Waals surface area contributed by atoms with Gasteiger partial charge in [-0.25, -0.2) is 4.79 Å². The maximum absolute atomic E-state index is 12.9. The molecule has 0 saturated heterocycles. The molecule has 1 saturated carbocycles. The molecule has 1 aliphatic carbocycles. The van der Waals surface area contributed by atoms with Crippen molar-refractivity contribution < 1.29 is 9.59 Å². The Morgan fingerprint density at radius 3 is 2.57 bits per heavy atom. The minimum absolute atomic E-state index is 0.0827. The van der Waals surface area contributed by atoms with Crippen molar-refractivity contribution in [3.63, 3.8) is 0 Å². The number of carbonyl (C=O) groups excluding carboxylic acids is 2. The van der Waals surface area contributed by atoms with Crippen LogP contribution in [0.4, 0.5) is 4.79 Å². The minimum Gasteiger partial charge on any atom is -0.330 e. The van der Waals surface area contributed by atoms with Gasteiger partial charge in [-0.05, 0) is 37.8 Å². The van der Waals surface area contributed by atoms with Crippen LogP contribution in [0.2, 0.25) is 0 Å². The highest BCUT2D eigenvalue weighted by Gasteiger charge is 2.47. The topological polar surface area (TPSA) is 52.7 Å². The Balaban J connectivity index is 1.79. The van der Waals surface area contributed by atoms with E-state index in [1.165, 1.54) is 5.56 Å². The van der Waals surface area contributed by atoms with Crippen LogP contribution in [-0.2, 0) is 4.79 Å². The highest BCUT2D eigenvalue weighted by Crippen LogP contribution is 2.40. The van der Waals surface area contributed by atoms with E-state index in [2.05, 4.69) is 11.4 Å². The molecule has 1 atom stereocenters. The van der Waals surface area contributed by atoms with Crippen LogP contribution in [0.1, 0.15) is 35.6 Å². The number of hydrogen-bond acceptors (Lipinski definition) is 2. The highest BCUT2D eigenvalue weighted by atomic mass is 16.2. The number of nitrogens with zero attached hydrogens (tertiary/aromatic N) is 2. The summed E-state index contributed by atoms with van der Waals surface area (Å²) in [6.45, 7) is 4.64. The van der Waals surface area contributed by atoms with E-state index in [4.69, 9.17) is 0 Å². The molecule has 2 heterocycles. The van der Waals surface area contributed by atoms with E-state index in [9.17, 15) is 9.59 Å². The number of likely N-dealkylation sites (N-methyl/N-ethyl adjacent to an activating group) is 1. The second-order valence-electron chi connectivity index (χ2n) is 6.83. The number of benzene rings is 1. The Labute approximate surface area is 135 Å². The summed E-state index contributed by atoms with van der Waals surface area (Å²) in [5.41, 5.74) is 4.89. The van der Waals surface area contributed by atoms with Crippen molar-refractivity contribution in [3.05, 3.63) is 46.2 Å². The lowest BCUT2D eigenvalue weighted by Crippen LogP contribution is -2.45. The fourth-order valence-corrected chi connectivity index (χ4v) is 3.65. The average Bonchev–Trinajstić information content (AvgIpc) is 3.27. The number of urea groups is 1. The summed E-state index contributed by atoms with van der Waals surface area (Å²) < 4.78 is 0. The molecule has 1 N–H and O–H groups in total. The van der Waals surface area contributed by atoms with Gasteiger partial charge in [-0.15, -0.1) is 0 Å². The molecule has 2 aliphatic heterocycles. The Morgan fingerprint density at radius 2 is 1.91 bits per heavy atom. The summed E-state index contributed by atoms with van der Waals surface area (Å²) >= 11 is 0. The van der Waals surface area contributed by atoms with Gasteiger partial charge in [0.2, 0.25) is 0 Å². The normalized spacial score (nSPS) is 24.2. The molecule has 4 rings (SSSR count). The summed E-state index contributed by atoms with van der Waals surface area (Å²) in [6, 6.07) is 6.03. The first-order chi connectivity index (χ1) is 11.0. The van der Waals surface area contributed by atoms with E-state index in [1.54, 1.807) is 11.9 Å². The lowest BCUT2D eigenvalue weighted by Gasteiger charge is -2.31. The van der Waals surface area contributed by atoms with Crippen molar-refractivity contribution in [1.29, 1.82) is 0 Å². The Hall–Kier alpha value is -2.30. The monoisotopic (exact) mass is 311 g/mol. The largest absolute Gasteiger partial charge is 0.330 e. The van der Waals surface area contributed by atoms with E-state index in [1.807, 2.05) is 30.9 Å². The first-order valence-electron chi connectivity index (χ1n) is 8.12. The highest BCUT2D eigenvalue weighted by molar-refractivity contribution is 6.01. The smallest absolute Gasteiger partial charge is 0.322 e. The van der Waals surface area contributed by atoms with Crippen molar-refractivity contribution in [1.82, 2.24) is 15.1 Å². The Bertz CT molecular complexity index is 749. The van der Waals surface area contributed by atoms with Crippen LogP contribution in [0, 0.1) is 13.8 Å². The fourth-order valence-electron chi connectivity index (χ4n) is 3.65. The second-order valence-corrected chi connectivity index (χ2v) is 6.83. The van der Waals surface area contributed by atoms with Crippen molar-refractivity contribution >= 4 is 11.9 Å². The predicted octanol–water partition coefficient (Wildman–Crippen LogP) is 2.26. The van der Waals surface area contributed by atoms with Gasteiger partial charge in [0, 0.05) is 13.1 Å². The zero-order valence-corrected chi connectivity index (χ0v) is 13.7. The van der Waals surface area contributed by atoms with Gasteiger partial charge >= 0.3 is 6.03 Å². The van der Waals surface area contributed by atoms with Crippen molar-refractivity contribution in [2.24, 2.45) is 0 Å². The van der Waals surface area contributed by atoms with Gasteiger partial charge in [-0.3, -0.25) is 9.69 Å². The number of nitrogens with one attached hydrogen (secondary N) is 1. The van der Waals surface area contributed by atoms with E-state index >= 15 is 0 Å². The lowest BCUT2D eigenvalue weighted by atomic mass is 9.91. The van der Waals surface area contributed by atoms with Gasteiger partial charge in [0.15, 0.2) is 0 Å². The molecule has 1 aromatic rings. The average molecular weight is 311 g/mol. The molecular weight excluding hydrogens is 290 g/mol. The first-order valence-corrected chi connectivity index (χ1v) is 8.12. The van der Waals surface area contributed by atoms with Crippen LogP contribution in [-0.4, -0.2) is 41.4 Å². The third-order valence-corrected chi connectivity index (χ3v) is 5.11. The van der Waals surface area contributed by atoms with Gasteiger partial charge < -0.3 is 10.2 Å². The maximum Gasteiger partial charge on any atom is 0.322 e. The molecule has 5 nitrogen and oxygen atoms in total. The third-order valence-electron chi connectivity index (χ3n) is 5.11. The van der Waals surface area contributed by atoms with Gasteiger partial charge in [0.25, 0.3) is 5.91 Å². The first kappa shape index (κ1) is 14.3. The lowest BCUT2D eigenvalue weighted by molar-refractivity contribution is -0.126. The third kappa shape index (κ3) is 2.14. The molecule has 0 radical (unpaired) electrons. The summed E-state index contributed by atoms with van der Waals surface area (Å²) in [7, 11) is 1.74. The minimum atomic E-state index is -0.342. The summed E-state index contributed by atoms with van der Waals surface area (Å²) in [6.07, 6.45) is 2.15. The number of rotatable bonds is 2. The molecule has 0 bridgehead atoms. The molecular formula is C18H21N3O2. The molecule has 3 aliphatic rings. The Kier molecular flexibility index (Phi) is 3.01. The van der Waals surface area contributed by atoms with Crippen LogP contribution in [0.25, 0.3) is 0 Å².